The number of hydrogen-bond acceptors (Lipinski definition) is 2. The molecule has 3 heteroatoms. The number of nitrogens with one attached hydrogen (secondary N) is 2. The summed E-state index contributed by atoms with van der Waals surface area (Å²) in [6, 6.07) is 0.0580. The summed E-state index contributed by atoms with van der Waals surface area (Å²) in [5, 5.41) is 6.21. The average molecular weight is 198 g/mol. The van der Waals surface area contributed by atoms with E-state index in [0.717, 1.165) is 32.4 Å². The third kappa shape index (κ3) is 3.29. The van der Waals surface area contributed by atoms with Crippen LogP contribution < -0.4 is 10.6 Å². The summed E-state index contributed by atoms with van der Waals surface area (Å²) >= 11 is 0. The topological polar surface area (TPSA) is 41.1 Å². The molecule has 0 bridgehead atoms. The molecule has 0 aromatic rings. The van der Waals surface area contributed by atoms with Gasteiger partial charge in [0, 0.05) is 6.54 Å². The van der Waals surface area contributed by atoms with E-state index in [0.29, 0.717) is 0 Å². The Morgan fingerprint density at radius 1 is 1.57 bits per heavy atom. The van der Waals surface area contributed by atoms with Crippen molar-refractivity contribution < 1.29 is 4.79 Å². The first-order chi connectivity index (χ1) is 6.55. The molecule has 1 aliphatic rings. The van der Waals surface area contributed by atoms with Gasteiger partial charge in [-0.25, -0.2) is 0 Å². The molecule has 3 nitrogen and oxygen atoms in total. The molecule has 0 saturated carbocycles. The van der Waals surface area contributed by atoms with Crippen molar-refractivity contribution in [1.82, 2.24) is 10.6 Å². The van der Waals surface area contributed by atoms with Gasteiger partial charge in [0.05, 0.1) is 6.04 Å². The molecule has 0 radical (unpaired) electrons. The molecule has 1 aliphatic heterocycles. The van der Waals surface area contributed by atoms with Crippen LogP contribution in [0.2, 0.25) is 0 Å². The average Bonchev–Trinajstić information content (AvgIpc) is 2.67. The lowest BCUT2D eigenvalue weighted by Crippen LogP contribution is -2.43. The van der Waals surface area contributed by atoms with Gasteiger partial charge >= 0.3 is 0 Å². The van der Waals surface area contributed by atoms with Crippen LogP contribution in [0.3, 0.4) is 0 Å². The van der Waals surface area contributed by atoms with Gasteiger partial charge in [0.2, 0.25) is 5.91 Å². The summed E-state index contributed by atoms with van der Waals surface area (Å²) in [6.45, 7) is 8.26. The SMILES string of the molecule is CCC(C)(C)CNC(=O)C1CCCN1. The highest BCUT2D eigenvalue weighted by Crippen LogP contribution is 2.17. The number of rotatable bonds is 4. The summed E-state index contributed by atoms with van der Waals surface area (Å²) in [5.41, 5.74) is 0.217. The van der Waals surface area contributed by atoms with Crippen LogP contribution in [0.25, 0.3) is 0 Å². The van der Waals surface area contributed by atoms with Gasteiger partial charge in [-0.15, -0.1) is 0 Å². The lowest BCUT2D eigenvalue weighted by molar-refractivity contribution is -0.123. The van der Waals surface area contributed by atoms with Crippen molar-refractivity contribution >= 4 is 5.91 Å². The van der Waals surface area contributed by atoms with Gasteiger partial charge in [0.25, 0.3) is 0 Å². The van der Waals surface area contributed by atoms with Crippen LogP contribution in [0.5, 0.6) is 0 Å². The van der Waals surface area contributed by atoms with Crippen molar-refractivity contribution in [1.29, 1.82) is 0 Å². The van der Waals surface area contributed by atoms with Gasteiger partial charge in [0.15, 0.2) is 0 Å². The van der Waals surface area contributed by atoms with Crippen molar-refractivity contribution in [3.8, 4) is 0 Å². The van der Waals surface area contributed by atoms with Crippen LogP contribution in [-0.2, 0) is 4.79 Å². The molecule has 1 amide bonds. The summed E-state index contributed by atoms with van der Waals surface area (Å²) in [7, 11) is 0. The first-order valence-corrected chi connectivity index (χ1v) is 5.56. The van der Waals surface area contributed by atoms with E-state index in [1.807, 2.05) is 0 Å². The maximum atomic E-state index is 11.6. The Labute approximate surface area is 86.6 Å². The number of carbonyl (C=O) groups is 1. The standard InChI is InChI=1S/C11H22N2O/c1-4-11(2,3)8-13-10(14)9-6-5-7-12-9/h9,12H,4-8H2,1-3H3,(H,13,14). The largest absolute Gasteiger partial charge is 0.354 e. The molecule has 2 N–H and O–H groups in total. The van der Waals surface area contributed by atoms with Gasteiger partial charge < -0.3 is 10.6 Å². The highest BCUT2D eigenvalue weighted by molar-refractivity contribution is 5.82. The van der Waals surface area contributed by atoms with Gasteiger partial charge in [-0.2, -0.15) is 0 Å². The summed E-state index contributed by atoms with van der Waals surface area (Å²) < 4.78 is 0. The molecule has 0 aromatic carbocycles. The van der Waals surface area contributed by atoms with Crippen LogP contribution in [-0.4, -0.2) is 25.0 Å². The zero-order chi connectivity index (χ0) is 10.6. The molecule has 1 atom stereocenters. The molecule has 0 aliphatic carbocycles. The van der Waals surface area contributed by atoms with Crippen LogP contribution in [0.15, 0.2) is 0 Å². The van der Waals surface area contributed by atoms with Crippen molar-refractivity contribution in [2.24, 2.45) is 5.41 Å². The quantitative estimate of drug-likeness (QED) is 0.714. The second-order valence-electron chi connectivity index (χ2n) is 4.88. The molecule has 1 saturated heterocycles. The molecule has 1 rings (SSSR count). The Hall–Kier alpha value is -0.570. The normalized spacial score (nSPS) is 22.4. The number of amides is 1. The Balaban J connectivity index is 2.27. The summed E-state index contributed by atoms with van der Waals surface area (Å²) in [6.07, 6.45) is 3.19. The zero-order valence-electron chi connectivity index (χ0n) is 9.52. The van der Waals surface area contributed by atoms with Crippen molar-refractivity contribution in [3.63, 3.8) is 0 Å². The van der Waals surface area contributed by atoms with Crippen LogP contribution in [0, 0.1) is 5.41 Å². The maximum Gasteiger partial charge on any atom is 0.237 e. The van der Waals surface area contributed by atoms with Gasteiger partial charge in [-0.1, -0.05) is 20.8 Å². The monoisotopic (exact) mass is 198 g/mol. The van der Waals surface area contributed by atoms with Gasteiger partial charge in [0.1, 0.15) is 0 Å². The van der Waals surface area contributed by atoms with E-state index in [4.69, 9.17) is 0 Å². The fourth-order valence-corrected chi connectivity index (χ4v) is 1.48. The predicted octanol–water partition coefficient (Wildman–Crippen LogP) is 1.29. The Morgan fingerprint density at radius 2 is 2.29 bits per heavy atom. The van der Waals surface area contributed by atoms with E-state index in [1.165, 1.54) is 0 Å². The van der Waals surface area contributed by atoms with E-state index >= 15 is 0 Å². The van der Waals surface area contributed by atoms with Crippen LogP contribution in [0.1, 0.15) is 40.0 Å². The molecule has 1 unspecified atom stereocenters. The molecule has 1 heterocycles. The predicted molar refractivity (Wildman–Crippen MR) is 58.1 cm³/mol. The van der Waals surface area contributed by atoms with Gasteiger partial charge in [-0.05, 0) is 31.2 Å². The molecular weight excluding hydrogens is 176 g/mol. The number of carbonyl (C=O) groups excluding carboxylic acids is 1. The lowest BCUT2D eigenvalue weighted by Gasteiger charge is -2.23. The van der Waals surface area contributed by atoms with Gasteiger partial charge in [-0.3, -0.25) is 4.79 Å². The third-order valence-corrected chi connectivity index (χ3v) is 3.08. The summed E-state index contributed by atoms with van der Waals surface area (Å²) in [4.78, 5) is 11.6. The first kappa shape index (κ1) is 11.5. The molecule has 0 spiro atoms. The third-order valence-electron chi connectivity index (χ3n) is 3.08. The lowest BCUT2D eigenvalue weighted by atomic mass is 9.90. The smallest absolute Gasteiger partial charge is 0.237 e. The molecule has 82 valence electrons. The van der Waals surface area contributed by atoms with Crippen LogP contribution >= 0.6 is 0 Å². The number of hydrogen-bond donors (Lipinski definition) is 2. The van der Waals surface area contributed by atoms with Crippen LogP contribution in [0.4, 0.5) is 0 Å². The Kier molecular flexibility index (Phi) is 3.93. The summed E-state index contributed by atoms with van der Waals surface area (Å²) in [5.74, 6) is 0.170. The van der Waals surface area contributed by atoms with E-state index in [2.05, 4.69) is 31.4 Å². The maximum absolute atomic E-state index is 11.6. The van der Waals surface area contributed by atoms with Crippen molar-refractivity contribution in [2.45, 2.75) is 46.1 Å². The van der Waals surface area contributed by atoms with E-state index in [9.17, 15) is 4.79 Å². The fraction of sp³-hybridized carbons (Fsp3) is 0.909. The minimum absolute atomic E-state index is 0.0580. The van der Waals surface area contributed by atoms with E-state index in [-0.39, 0.29) is 17.4 Å². The highest BCUT2D eigenvalue weighted by atomic mass is 16.2. The minimum atomic E-state index is 0.0580. The first-order valence-electron chi connectivity index (χ1n) is 5.56. The molecule has 14 heavy (non-hydrogen) atoms. The zero-order valence-corrected chi connectivity index (χ0v) is 9.52. The Morgan fingerprint density at radius 3 is 2.79 bits per heavy atom. The minimum Gasteiger partial charge on any atom is -0.354 e. The highest BCUT2D eigenvalue weighted by Gasteiger charge is 2.23. The molecule has 1 fully saturated rings. The van der Waals surface area contributed by atoms with E-state index < -0.39 is 0 Å². The van der Waals surface area contributed by atoms with Crippen molar-refractivity contribution in [2.75, 3.05) is 13.1 Å². The molecule has 0 aromatic heterocycles. The second kappa shape index (κ2) is 4.78. The Bertz CT molecular complexity index is 195. The van der Waals surface area contributed by atoms with Crippen molar-refractivity contribution in [3.05, 3.63) is 0 Å². The van der Waals surface area contributed by atoms with E-state index in [1.54, 1.807) is 0 Å². The fourth-order valence-electron chi connectivity index (χ4n) is 1.48. The molecular formula is C11H22N2O. The second-order valence-corrected chi connectivity index (χ2v) is 4.88.